The SMILES string of the molecule is CC1(F)[C@H](O)[C@@H](O)C(O)[C@H](O)[C@@H]1O. The van der Waals surface area contributed by atoms with Crippen LogP contribution in [0.2, 0.25) is 0 Å². The van der Waals surface area contributed by atoms with Gasteiger partial charge in [0, 0.05) is 0 Å². The van der Waals surface area contributed by atoms with Crippen molar-refractivity contribution in [3.63, 3.8) is 0 Å². The van der Waals surface area contributed by atoms with Gasteiger partial charge < -0.3 is 25.5 Å². The van der Waals surface area contributed by atoms with Gasteiger partial charge in [-0.1, -0.05) is 0 Å². The highest BCUT2D eigenvalue weighted by molar-refractivity contribution is 5.06. The van der Waals surface area contributed by atoms with E-state index in [1.54, 1.807) is 0 Å². The second-order valence-corrected chi connectivity index (χ2v) is 3.51. The highest BCUT2D eigenvalue weighted by Crippen LogP contribution is 2.32. The van der Waals surface area contributed by atoms with Gasteiger partial charge in [-0.25, -0.2) is 4.39 Å². The predicted octanol–water partition coefficient (Wildman–Crippen LogP) is -2.47. The summed E-state index contributed by atoms with van der Waals surface area (Å²) in [5.74, 6) is 0. The van der Waals surface area contributed by atoms with E-state index < -0.39 is 36.2 Å². The van der Waals surface area contributed by atoms with Crippen LogP contribution in [0.15, 0.2) is 0 Å². The summed E-state index contributed by atoms with van der Waals surface area (Å²) in [7, 11) is 0. The fraction of sp³-hybridized carbons (Fsp3) is 1.00. The molecule has 6 atom stereocenters. The second kappa shape index (κ2) is 3.14. The van der Waals surface area contributed by atoms with E-state index in [0.717, 1.165) is 6.92 Å². The van der Waals surface area contributed by atoms with Crippen LogP contribution >= 0.6 is 0 Å². The highest BCUT2D eigenvalue weighted by atomic mass is 19.1. The van der Waals surface area contributed by atoms with Gasteiger partial charge in [-0.15, -0.1) is 0 Å². The molecular weight excluding hydrogens is 183 g/mol. The Morgan fingerprint density at radius 2 is 1.15 bits per heavy atom. The second-order valence-electron chi connectivity index (χ2n) is 3.51. The number of halogens is 1. The molecule has 0 saturated heterocycles. The third-order valence-electron chi connectivity index (χ3n) is 2.50. The molecule has 1 saturated carbocycles. The monoisotopic (exact) mass is 196 g/mol. The first-order chi connectivity index (χ1) is 5.80. The molecule has 0 spiro atoms. The lowest BCUT2D eigenvalue weighted by molar-refractivity contribution is -0.238. The van der Waals surface area contributed by atoms with Crippen LogP contribution in [0.3, 0.4) is 0 Å². The highest BCUT2D eigenvalue weighted by Gasteiger charge is 2.56. The van der Waals surface area contributed by atoms with Crippen molar-refractivity contribution in [2.24, 2.45) is 0 Å². The summed E-state index contributed by atoms with van der Waals surface area (Å²) in [5.41, 5.74) is -2.53. The average Bonchev–Trinajstić information content (AvgIpc) is 2.09. The Balaban J connectivity index is 2.93. The number of aliphatic hydroxyl groups is 5. The molecule has 2 unspecified atom stereocenters. The van der Waals surface area contributed by atoms with Crippen molar-refractivity contribution in [3.8, 4) is 0 Å². The van der Waals surface area contributed by atoms with Crippen LogP contribution in [-0.4, -0.2) is 61.7 Å². The van der Waals surface area contributed by atoms with Crippen LogP contribution in [0, 0.1) is 0 Å². The number of hydrogen-bond acceptors (Lipinski definition) is 5. The number of rotatable bonds is 0. The van der Waals surface area contributed by atoms with Crippen molar-refractivity contribution in [3.05, 3.63) is 0 Å². The van der Waals surface area contributed by atoms with Crippen LogP contribution in [0.4, 0.5) is 4.39 Å². The van der Waals surface area contributed by atoms with Crippen LogP contribution < -0.4 is 0 Å². The zero-order valence-electron chi connectivity index (χ0n) is 7.00. The van der Waals surface area contributed by atoms with Crippen molar-refractivity contribution in [1.82, 2.24) is 0 Å². The lowest BCUT2D eigenvalue weighted by Crippen LogP contribution is -2.67. The lowest BCUT2D eigenvalue weighted by atomic mass is 9.77. The van der Waals surface area contributed by atoms with E-state index in [9.17, 15) is 4.39 Å². The quantitative estimate of drug-likeness (QED) is 0.295. The van der Waals surface area contributed by atoms with Gasteiger partial charge in [-0.05, 0) is 6.92 Å². The zero-order valence-corrected chi connectivity index (χ0v) is 7.00. The van der Waals surface area contributed by atoms with Gasteiger partial charge in [-0.3, -0.25) is 0 Å². The smallest absolute Gasteiger partial charge is 0.164 e. The molecule has 0 aromatic heterocycles. The first-order valence-corrected chi connectivity index (χ1v) is 3.89. The first-order valence-electron chi connectivity index (χ1n) is 3.89. The molecule has 5 nitrogen and oxygen atoms in total. The molecular formula is C7H13FO5. The molecule has 6 heteroatoms. The first kappa shape index (κ1) is 10.8. The molecule has 13 heavy (non-hydrogen) atoms. The third-order valence-corrected chi connectivity index (χ3v) is 2.50. The van der Waals surface area contributed by atoms with Gasteiger partial charge in [0.25, 0.3) is 0 Å². The van der Waals surface area contributed by atoms with E-state index in [4.69, 9.17) is 25.5 Å². The fourth-order valence-electron chi connectivity index (χ4n) is 1.42. The van der Waals surface area contributed by atoms with Gasteiger partial charge in [-0.2, -0.15) is 0 Å². The van der Waals surface area contributed by atoms with E-state index in [1.165, 1.54) is 0 Å². The maximum Gasteiger partial charge on any atom is 0.164 e. The summed E-state index contributed by atoms with van der Waals surface area (Å²) in [6, 6.07) is 0. The summed E-state index contributed by atoms with van der Waals surface area (Å²) < 4.78 is 13.4. The Bertz CT molecular complexity index is 179. The molecule has 0 radical (unpaired) electrons. The van der Waals surface area contributed by atoms with Crippen LogP contribution in [-0.2, 0) is 0 Å². The molecule has 78 valence electrons. The van der Waals surface area contributed by atoms with E-state index in [1.807, 2.05) is 0 Å². The fourth-order valence-corrected chi connectivity index (χ4v) is 1.42. The van der Waals surface area contributed by atoms with Crippen LogP contribution in [0.25, 0.3) is 0 Å². The Kier molecular flexibility index (Phi) is 2.61. The maximum absolute atomic E-state index is 13.4. The van der Waals surface area contributed by atoms with E-state index >= 15 is 0 Å². The maximum atomic E-state index is 13.4. The third kappa shape index (κ3) is 1.44. The van der Waals surface area contributed by atoms with Gasteiger partial charge in [0.05, 0.1) is 0 Å². The minimum Gasteiger partial charge on any atom is -0.387 e. The van der Waals surface area contributed by atoms with Crippen molar-refractivity contribution in [2.75, 3.05) is 0 Å². The number of aliphatic hydroxyl groups excluding tert-OH is 5. The van der Waals surface area contributed by atoms with Crippen molar-refractivity contribution >= 4 is 0 Å². The molecule has 0 aliphatic heterocycles. The van der Waals surface area contributed by atoms with E-state index in [2.05, 4.69) is 0 Å². The average molecular weight is 196 g/mol. The number of alkyl halides is 1. The lowest BCUT2D eigenvalue weighted by Gasteiger charge is -2.44. The van der Waals surface area contributed by atoms with Crippen molar-refractivity contribution in [2.45, 2.75) is 43.1 Å². The summed E-state index contributed by atoms with van der Waals surface area (Å²) >= 11 is 0. The van der Waals surface area contributed by atoms with Gasteiger partial charge in [0.2, 0.25) is 0 Å². The summed E-state index contributed by atoms with van der Waals surface area (Å²) in [4.78, 5) is 0. The largest absolute Gasteiger partial charge is 0.387 e. The summed E-state index contributed by atoms with van der Waals surface area (Å²) in [5, 5.41) is 45.4. The molecule has 0 bridgehead atoms. The van der Waals surface area contributed by atoms with Crippen molar-refractivity contribution < 1.29 is 29.9 Å². The van der Waals surface area contributed by atoms with Gasteiger partial charge >= 0.3 is 0 Å². The zero-order chi connectivity index (χ0) is 10.4. The standard InChI is InChI=1S/C7H13FO5/c1-7(8)5(12)3(10)2(9)4(11)6(7)13/h2-6,9-13H,1H3/t2?,3-,4-,5-,6+,7?/m0/s1. The molecule has 1 rings (SSSR count). The molecule has 1 fully saturated rings. The molecule has 0 amide bonds. The summed E-state index contributed by atoms with van der Waals surface area (Å²) in [6.45, 7) is 0.848. The molecule has 0 aromatic carbocycles. The Labute approximate surface area is 74.1 Å². The molecule has 0 heterocycles. The van der Waals surface area contributed by atoms with E-state index in [0.29, 0.717) is 0 Å². The topological polar surface area (TPSA) is 101 Å². The number of hydrogen-bond donors (Lipinski definition) is 5. The Morgan fingerprint density at radius 3 is 1.46 bits per heavy atom. The summed E-state index contributed by atoms with van der Waals surface area (Å²) in [6.07, 6.45) is -9.17. The molecule has 0 aromatic rings. The van der Waals surface area contributed by atoms with Crippen LogP contribution in [0.1, 0.15) is 6.92 Å². The molecule has 5 N–H and O–H groups in total. The molecule has 1 aliphatic rings. The minimum absolute atomic E-state index is 0.848. The Morgan fingerprint density at radius 1 is 0.846 bits per heavy atom. The Hall–Kier alpha value is -0.270. The molecule has 1 aliphatic carbocycles. The van der Waals surface area contributed by atoms with Gasteiger partial charge in [0.1, 0.15) is 30.5 Å². The van der Waals surface area contributed by atoms with E-state index in [-0.39, 0.29) is 0 Å². The normalized spacial score (nSPS) is 57.9. The minimum atomic E-state index is -2.53. The van der Waals surface area contributed by atoms with Gasteiger partial charge in [0.15, 0.2) is 5.67 Å². The van der Waals surface area contributed by atoms with Crippen LogP contribution in [0.5, 0.6) is 0 Å². The van der Waals surface area contributed by atoms with Crippen molar-refractivity contribution in [1.29, 1.82) is 0 Å². The predicted molar refractivity (Wildman–Crippen MR) is 39.5 cm³/mol.